The minimum absolute atomic E-state index is 0. The van der Waals surface area contributed by atoms with Gasteiger partial charge in [-0.15, -0.1) is 0 Å². The second kappa shape index (κ2) is 10.1. The van der Waals surface area contributed by atoms with Crippen molar-refractivity contribution in [1.29, 1.82) is 0 Å². The molecular formula is C25H25NaO3. The Balaban J connectivity index is 0.00000300. The smallest absolute Gasteiger partial charge is 0.546 e. The van der Waals surface area contributed by atoms with E-state index in [4.69, 9.17) is 4.74 Å². The van der Waals surface area contributed by atoms with E-state index in [1.54, 1.807) is 6.92 Å². The van der Waals surface area contributed by atoms with Gasteiger partial charge in [0, 0.05) is 6.42 Å². The number of aliphatic carboxylic acids is 1. The van der Waals surface area contributed by atoms with E-state index < -0.39 is 11.6 Å². The van der Waals surface area contributed by atoms with Crippen molar-refractivity contribution in [2.24, 2.45) is 0 Å². The molecule has 0 N–H and O–H groups in total. The first-order chi connectivity index (χ1) is 13.4. The summed E-state index contributed by atoms with van der Waals surface area (Å²) in [4.78, 5) is 12.0. The van der Waals surface area contributed by atoms with Crippen LogP contribution in [0.2, 0.25) is 0 Å². The summed E-state index contributed by atoms with van der Waals surface area (Å²) in [6.45, 7) is 5.80. The summed E-state index contributed by atoms with van der Waals surface area (Å²) in [6.07, 6.45) is 0.201. The molecule has 3 aromatic carbocycles. The van der Waals surface area contributed by atoms with Crippen molar-refractivity contribution in [3.8, 4) is 16.9 Å². The molecule has 4 heteroatoms. The van der Waals surface area contributed by atoms with Crippen molar-refractivity contribution in [3.05, 3.63) is 90.0 Å². The molecule has 0 aliphatic rings. The van der Waals surface area contributed by atoms with Gasteiger partial charge < -0.3 is 14.6 Å². The number of hydrogen-bond donors (Lipinski definition) is 0. The molecular weight excluding hydrogens is 371 g/mol. The van der Waals surface area contributed by atoms with E-state index in [1.165, 1.54) is 5.56 Å². The van der Waals surface area contributed by atoms with E-state index in [9.17, 15) is 9.90 Å². The maximum atomic E-state index is 12.0. The summed E-state index contributed by atoms with van der Waals surface area (Å²) in [5.41, 5.74) is 2.63. The minimum atomic E-state index is -1.48. The molecule has 0 aliphatic carbocycles. The van der Waals surface area contributed by atoms with E-state index >= 15 is 0 Å². The van der Waals surface area contributed by atoms with Crippen LogP contribution in [0.25, 0.3) is 11.1 Å². The van der Waals surface area contributed by atoms with Crippen LogP contribution in [0, 0.1) is 0 Å². The topological polar surface area (TPSA) is 49.4 Å². The van der Waals surface area contributed by atoms with Crippen molar-refractivity contribution >= 4 is 5.97 Å². The molecule has 144 valence electrons. The van der Waals surface area contributed by atoms with Gasteiger partial charge >= 0.3 is 29.6 Å². The van der Waals surface area contributed by atoms with Crippen LogP contribution >= 0.6 is 0 Å². The monoisotopic (exact) mass is 396 g/mol. The molecule has 0 fully saturated rings. The molecule has 0 aromatic heterocycles. The van der Waals surface area contributed by atoms with Gasteiger partial charge in [-0.2, -0.15) is 0 Å². The maximum Gasteiger partial charge on any atom is 1.00 e. The minimum Gasteiger partial charge on any atom is -0.546 e. The van der Waals surface area contributed by atoms with Crippen LogP contribution in [-0.4, -0.2) is 11.6 Å². The zero-order chi connectivity index (χ0) is 20.1. The van der Waals surface area contributed by atoms with Gasteiger partial charge in [0.05, 0.1) is 5.97 Å². The first-order valence-corrected chi connectivity index (χ1v) is 9.53. The molecule has 0 heterocycles. The van der Waals surface area contributed by atoms with E-state index in [0.29, 0.717) is 11.7 Å². The maximum absolute atomic E-state index is 12.0. The third kappa shape index (κ3) is 5.72. The van der Waals surface area contributed by atoms with Crippen LogP contribution in [0.5, 0.6) is 5.75 Å². The van der Waals surface area contributed by atoms with E-state index in [1.807, 2.05) is 78.9 Å². The van der Waals surface area contributed by atoms with E-state index in [2.05, 4.69) is 13.8 Å². The number of carboxylic acids is 1. The molecule has 1 atom stereocenters. The number of carboxylic acid groups (broad SMARTS) is 1. The Hall–Kier alpha value is -2.07. The SMILES string of the molecule is CC(C)c1ccc(OC(C)(Cc2ccccc2-c2ccccc2)C(=O)[O-])cc1.[Na+]. The van der Waals surface area contributed by atoms with Crippen LogP contribution in [0.3, 0.4) is 0 Å². The molecule has 3 rings (SSSR count). The van der Waals surface area contributed by atoms with E-state index in [-0.39, 0.29) is 36.0 Å². The summed E-state index contributed by atoms with van der Waals surface area (Å²) in [7, 11) is 0. The average Bonchev–Trinajstić information content (AvgIpc) is 2.69. The predicted octanol–water partition coefficient (Wildman–Crippen LogP) is 1.61. The molecule has 0 bridgehead atoms. The Morgan fingerprint density at radius 2 is 1.52 bits per heavy atom. The summed E-state index contributed by atoms with van der Waals surface area (Å²) in [5.74, 6) is -0.309. The normalized spacial score (nSPS) is 12.7. The number of hydrogen-bond acceptors (Lipinski definition) is 3. The van der Waals surface area contributed by atoms with Gasteiger partial charge in [-0.05, 0) is 47.2 Å². The van der Waals surface area contributed by atoms with Crippen LogP contribution in [-0.2, 0) is 11.2 Å². The molecule has 0 spiro atoms. The second-order valence-corrected chi connectivity index (χ2v) is 7.54. The molecule has 0 aliphatic heterocycles. The fourth-order valence-electron chi connectivity index (χ4n) is 3.27. The second-order valence-electron chi connectivity index (χ2n) is 7.54. The summed E-state index contributed by atoms with van der Waals surface area (Å²) < 4.78 is 5.93. The van der Waals surface area contributed by atoms with Crippen molar-refractivity contribution in [2.45, 2.75) is 38.7 Å². The van der Waals surface area contributed by atoms with Crippen molar-refractivity contribution in [3.63, 3.8) is 0 Å². The molecule has 3 aromatic rings. The van der Waals surface area contributed by atoms with Crippen molar-refractivity contribution < 1.29 is 44.2 Å². The average molecular weight is 396 g/mol. The van der Waals surface area contributed by atoms with Gasteiger partial charge in [0.25, 0.3) is 0 Å². The van der Waals surface area contributed by atoms with Crippen molar-refractivity contribution in [1.82, 2.24) is 0 Å². The third-order valence-electron chi connectivity index (χ3n) is 4.95. The van der Waals surface area contributed by atoms with Gasteiger partial charge in [-0.1, -0.05) is 80.6 Å². The van der Waals surface area contributed by atoms with Gasteiger partial charge in [0.1, 0.15) is 11.4 Å². The Labute approximate surface area is 195 Å². The van der Waals surface area contributed by atoms with Gasteiger partial charge in [0.15, 0.2) is 0 Å². The Kier molecular flexibility index (Phi) is 8.09. The van der Waals surface area contributed by atoms with Gasteiger partial charge in [-0.25, -0.2) is 0 Å². The van der Waals surface area contributed by atoms with Gasteiger partial charge in [0.2, 0.25) is 0 Å². The molecule has 0 radical (unpaired) electrons. The van der Waals surface area contributed by atoms with Crippen LogP contribution in [0.4, 0.5) is 0 Å². The predicted molar refractivity (Wildman–Crippen MR) is 110 cm³/mol. The fourth-order valence-corrected chi connectivity index (χ4v) is 3.27. The molecule has 1 unspecified atom stereocenters. The van der Waals surface area contributed by atoms with Gasteiger partial charge in [-0.3, -0.25) is 0 Å². The zero-order valence-corrected chi connectivity index (χ0v) is 19.5. The fraction of sp³-hybridized carbons (Fsp3) is 0.240. The Bertz CT molecular complexity index is 936. The Morgan fingerprint density at radius 1 is 0.931 bits per heavy atom. The number of carbonyl (C=O) groups is 1. The van der Waals surface area contributed by atoms with E-state index in [0.717, 1.165) is 16.7 Å². The number of ether oxygens (including phenoxy) is 1. The van der Waals surface area contributed by atoms with Crippen molar-refractivity contribution in [2.75, 3.05) is 0 Å². The summed E-state index contributed by atoms with van der Waals surface area (Å²) in [5, 5.41) is 12.0. The third-order valence-corrected chi connectivity index (χ3v) is 4.95. The standard InChI is InChI=1S/C25H26O3.Na/c1-18(2)19-13-15-22(16-14-19)28-25(3,24(26)27)17-21-11-7-8-12-23(21)20-9-5-4-6-10-20;/h4-16,18H,17H2,1-3H3,(H,26,27);/q;+1/p-1. The number of benzene rings is 3. The first-order valence-electron chi connectivity index (χ1n) is 9.53. The first kappa shape index (κ1) is 23.2. The molecule has 0 amide bonds. The number of rotatable bonds is 7. The quantitative estimate of drug-likeness (QED) is 0.570. The largest absolute Gasteiger partial charge is 1.00 e. The molecule has 29 heavy (non-hydrogen) atoms. The van der Waals surface area contributed by atoms with Crippen LogP contribution in [0.1, 0.15) is 37.8 Å². The summed E-state index contributed by atoms with van der Waals surface area (Å²) >= 11 is 0. The molecule has 0 saturated heterocycles. The van der Waals surface area contributed by atoms with Crippen LogP contribution < -0.4 is 39.4 Å². The molecule has 0 saturated carbocycles. The number of carbonyl (C=O) groups excluding carboxylic acids is 1. The zero-order valence-electron chi connectivity index (χ0n) is 17.5. The Morgan fingerprint density at radius 3 is 2.10 bits per heavy atom. The summed E-state index contributed by atoms with van der Waals surface area (Å²) in [6, 6.07) is 25.3. The molecule has 3 nitrogen and oxygen atoms in total. The van der Waals surface area contributed by atoms with Crippen LogP contribution in [0.15, 0.2) is 78.9 Å².